The summed E-state index contributed by atoms with van der Waals surface area (Å²) in [6.45, 7) is 5.84. The molecule has 0 spiro atoms. The number of nitrogens with zero attached hydrogens (tertiary/aromatic N) is 3. The molecule has 6 heteroatoms. The highest BCUT2D eigenvalue weighted by atomic mass is 16.5. The van der Waals surface area contributed by atoms with Gasteiger partial charge in [0.05, 0.1) is 12.8 Å². The molecule has 134 valence electrons. The summed E-state index contributed by atoms with van der Waals surface area (Å²) in [4.78, 5) is 14.5. The molecule has 2 heterocycles. The van der Waals surface area contributed by atoms with E-state index in [0.29, 0.717) is 24.7 Å². The van der Waals surface area contributed by atoms with Crippen molar-refractivity contribution < 1.29 is 14.3 Å². The van der Waals surface area contributed by atoms with Crippen LogP contribution in [0.25, 0.3) is 0 Å². The molecule has 25 heavy (non-hydrogen) atoms. The fraction of sp³-hybridized carbons (Fsp3) is 0.474. The summed E-state index contributed by atoms with van der Waals surface area (Å²) >= 11 is 0. The Morgan fingerprint density at radius 2 is 2.12 bits per heavy atom. The Morgan fingerprint density at radius 1 is 1.28 bits per heavy atom. The molecule has 1 aromatic heterocycles. The van der Waals surface area contributed by atoms with Gasteiger partial charge in [-0.25, -0.2) is 0 Å². The number of hydrogen-bond acceptors (Lipinski definition) is 4. The van der Waals surface area contributed by atoms with Crippen molar-refractivity contribution in [3.05, 3.63) is 41.2 Å². The highest BCUT2D eigenvalue weighted by Gasteiger charge is 2.22. The van der Waals surface area contributed by atoms with Crippen LogP contribution in [0, 0.1) is 6.92 Å². The van der Waals surface area contributed by atoms with E-state index in [1.807, 2.05) is 54.9 Å². The van der Waals surface area contributed by atoms with Crippen LogP contribution in [0.5, 0.6) is 11.5 Å². The molecule has 0 radical (unpaired) electrons. The first-order chi connectivity index (χ1) is 12.1. The third-order valence-corrected chi connectivity index (χ3v) is 4.45. The number of aryl methyl sites for hydroxylation is 2. The first kappa shape index (κ1) is 17.3. The Kier molecular flexibility index (Phi) is 5.26. The quantitative estimate of drug-likeness (QED) is 0.837. The first-order valence-electron chi connectivity index (χ1n) is 8.72. The summed E-state index contributed by atoms with van der Waals surface area (Å²) in [5.41, 5.74) is 3.44. The van der Waals surface area contributed by atoms with Gasteiger partial charge < -0.3 is 14.4 Å². The molecule has 0 bridgehead atoms. The molecule has 0 aliphatic carbocycles. The number of aromatic nitrogens is 2. The topological polar surface area (TPSA) is 56.6 Å². The lowest BCUT2D eigenvalue weighted by molar-refractivity contribution is -0.134. The van der Waals surface area contributed by atoms with E-state index in [-0.39, 0.29) is 12.5 Å². The van der Waals surface area contributed by atoms with Crippen LogP contribution in [0.1, 0.15) is 30.2 Å². The van der Waals surface area contributed by atoms with Crippen molar-refractivity contribution in [2.45, 2.75) is 33.2 Å². The number of amides is 1. The van der Waals surface area contributed by atoms with Gasteiger partial charge in [-0.1, -0.05) is 6.07 Å². The van der Waals surface area contributed by atoms with Gasteiger partial charge in [0.2, 0.25) is 0 Å². The number of ether oxygens (including phenoxy) is 2. The van der Waals surface area contributed by atoms with Gasteiger partial charge in [-0.05, 0) is 44.4 Å². The van der Waals surface area contributed by atoms with Crippen LogP contribution < -0.4 is 9.47 Å². The van der Waals surface area contributed by atoms with Crippen LogP contribution in [0.3, 0.4) is 0 Å². The molecule has 1 aliphatic heterocycles. The van der Waals surface area contributed by atoms with Crippen LogP contribution in [-0.2, 0) is 24.8 Å². The highest BCUT2D eigenvalue weighted by Crippen LogP contribution is 2.28. The van der Waals surface area contributed by atoms with Crippen molar-refractivity contribution in [2.75, 3.05) is 19.8 Å². The smallest absolute Gasteiger partial charge is 0.260 e. The minimum Gasteiger partial charge on any atom is -0.490 e. The minimum atomic E-state index is -0.0141. The summed E-state index contributed by atoms with van der Waals surface area (Å²) in [7, 11) is 1.95. The second-order valence-corrected chi connectivity index (χ2v) is 6.33. The van der Waals surface area contributed by atoms with E-state index < -0.39 is 0 Å². The zero-order chi connectivity index (χ0) is 17.8. The predicted octanol–water partition coefficient (Wildman–Crippen LogP) is 2.48. The molecule has 1 aromatic carbocycles. The van der Waals surface area contributed by atoms with Crippen molar-refractivity contribution in [2.24, 2.45) is 7.05 Å². The van der Waals surface area contributed by atoms with Gasteiger partial charge in [0.25, 0.3) is 5.91 Å². The summed E-state index contributed by atoms with van der Waals surface area (Å²) in [6.07, 6.45) is 3.74. The van der Waals surface area contributed by atoms with Crippen LogP contribution in [-0.4, -0.2) is 40.3 Å². The molecule has 0 saturated heterocycles. The lowest BCUT2D eigenvalue weighted by Gasteiger charge is -2.21. The predicted molar refractivity (Wildman–Crippen MR) is 94.8 cm³/mol. The van der Waals surface area contributed by atoms with Crippen LogP contribution >= 0.6 is 0 Å². The summed E-state index contributed by atoms with van der Waals surface area (Å²) in [5, 5.41) is 4.30. The Morgan fingerprint density at radius 3 is 2.92 bits per heavy atom. The second-order valence-electron chi connectivity index (χ2n) is 6.33. The number of rotatable bonds is 5. The second kappa shape index (κ2) is 7.59. The van der Waals surface area contributed by atoms with E-state index in [1.165, 1.54) is 5.69 Å². The van der Waals surface area contributed by atoms with E-state index in [9.17, 15) is 4.79 Å². The molecular formula is C19H25N3O3. The van der Waals surface area contributed by atoms with Gasteiger partial charge in [-0.15, -0.1) is 0 Å². The van der Waals surface area contributed by atoms with E-state index >= 15 is 0 Å². The van der Waals surface area contributed by atoms with Gasteiger partial charge in [0.15, 0.2) is 18.1 Å². The number of carbonyl (C=O) groups excluding carboxylic acids is 1. The molecule has 0 saturated carbocycles. The Bertz CT molecular complexity index is 754. The van der Waals surface area contributed by atoms with Crippen molar-refractivity contribution in [1.29, 1.82) is 0 Å². The Hall–Kier alpha value is -2.50. The van der Waals surface area contributed by atoms with Gasteiger partial charge in [0, 0.05) is 31.4 Å². The Balaban J connectivity index is 1.65. The molecule has 3 rings (SSSR count). The van der Waals surface area contributed by atoms with E-state index in [1.54, 1.807) is 0 Å². The zero-order valence-electron chi connectivity index (χ0n) is 15.1. The minimum absolute atomic E-state index is 0.0126. The number of fused-ring (bicyclic) bond motifs is 1. The van der Waals surface area contributed by atoms with E-state index in [4.69, 9.17) is 9.47 Å². The lowest BCUT2D eigenvalue weighted by atomic mass is 10.2. The molecule has 0 unspecified atom stereocenters. The lowest BCUT2D eigenvalue weighted by Crippen LogP contribution is -2.34. The van der Waals surface area contributed by atoms with Crippen molar-refractivity contribution in [3.8, 4) is 11.5 Å². The summed E-state index contributed by atoms with van der Waals surface area (Å²) < 4.78 is 13.3. The van der Waals surface area contributed by atoms with Gasteiger partial charge in [-0.2, -0.15) is 5.10 Å². The molecule has 2 aromatic rings. The SMILES string of the molecule is CCOc1cc(C)ccc1OCC(=O)N1CCCc2c(cnn2C)C1. The van der Waals surface area contributed by atoms with E-state index in [0.717, 1.165) is 30.5 Å². The molecular weight excluding hydrogens is 318 g/mol. The first-order valence-corrected chi connectivity index (χ1v) is 8.72. The van der Waals surface area contributed by atoms with Crippen molar-refractivity contribution in [1.82, 2.24) is 14.7 Å². The average molecular weight is 343 g/mol. The van der Waals surface area contributed by atoms with Crippen LogP contribution in [0.15, 0.2) is 24.4 Å². The maximum atomic E-state index is 12.6. The molecule has 1 amide bonds. The van der Waals surface area contributed by atoms with Gasteiger partial charge in [0.1, 0.15) is 0 Å². The zero-order valence-corrected chi connectivity index (χ0v) is 15.1. The maximum Gasteiger partial charge on any atom is 0.260 e. The fourth-order valence-electron chi connectivity index (χ4n) is 3.13. The number of carbonyl (C=O) groups is 1. The van der Waals surface area contributed by atoms with E-state index in [2.05, 4.69) is 5.10 Å². The monoisotopic (exact) mass is 343 g/mol. The third kappa shape index (κ3) is 3.95. The van der Waals surface area contributed by atoms with Crippen LogP contribution in [0.2, 0.25) is 0 Å². The standard InChI is InChI=1S/C19H25N3O3/c1-4-24-18-10-14(2)7-8-17(18)25-13-19(23)22-9-5-6-16-15(12-22)11-20-21(16)3/h7-8,10-11H,4-6,9,12-13H2,1-3H3. The number of benzene rings is 1. The summed E-state index contributed by atoms with van der Waals surface area (Å²) in [5.74, 6) is 1.28. The third-order valence-electron chi connectivity index (χ3n) is 4.45. The van der Waals surface area contributed by atoms with Gasteiger partial charge in [-0.3, -0.25) is 9.48 Å². The number of hydrogen-bond donors (Lipinski definition) is 0. The summed E-state index contributed by atoms with van der Waals surface area (Å²) in [6, 6.07) is 5.74. The highest BCUT2D eigenvalue weighted by molar-refractivity contribution is 5.78. The molecule has 6 nitrogen and oxygen atoms in total. The molecule has 1 aliphatic rings. The molecule has 0 fully saturated rings. The van der Waals surface area contributed by atoms with Crippen molar-refractivity contribution >= 4 is 5.91 Å². The maximum absolute atomic E-state index is 12.6. The largest absolute Gasteiger partial charge is 0.490 e. The molecule has 0 N–H and O–H groups in total. The Labute approximate surface area is 148 Å². The van der Waals surface area contributed by atoms with Gasteiger partial charge >= 0.3 is 0 Å². The fourth-order valence-corrected chi connectivity index (χ4v) is 3.13. The van der Waals surface area contributed by atoms with Crippen LogP contribution in [0.4, 0.5) is 0 Å². The average Bonchev–Trinajstić information content (AvgIpc) is 2.81. The normalized spacial score (nSPS) is 14.0. The molecule has 0 atom stereocenters. The van der Waals surface area contributed by atoms with Crippen molar-refractivity contribution in [3.63, 3.8) is 0 Å².